The van der Waals surface area contributed by atoms with Crippen molar-refractivity contribution in [1.29, 1.82) is 0 Å². The molecule has 2 fully saturated rings. The number of rotatable bonds is 5. The highest BCUT2D eigenvalue weighted by Crippen LogP contribution is 2.48. The number of benzene rings is 1. The van der Waals surface area contributed by atoms with Gasteiger partial charge in [0.15, 0.2) is 0 Å². The van der Waals surface area contributed by atoms with Crippen LogP contribution in [0.4, 0.5) is 0 Å². The number of carbonyl (C=O) groups excluding carboxylic acids is 2. The van der Waals surface area contributed by atoms with Crippen LogP contribution in [0.15, 0.2) is 35.9 Å². The predicted octanol–water partition coefficient (Wildman–Crippen LogP) is 7.37. The number of hydrogen-bond donors (Lipinski definition) is 0. The van der Waals surface area contributed by atoms with Crippen LogP contribution in [-0.2, 0) is 19.1 Å². The standard InChI is InChI=1S/C30H44O4/c1-27(2)15-22(16-28(3,4)19-27)33-25(31)24(14-21-12-10-9-11-13-21)26(32)34-23-17-29(5,6)20-30(7,8)18-23/h9-14,22-23H,15-20H2,1-8H3. The molecule has 0 bridgehead atoms. The van der Waals surface area contributed by atoms with E-state index in [9.17, 15) is 9.59 Å². The van der Waals surface area contributed by atoms with Crippen molar-refractivity contribution >= 4 is 18.0 Å². The summed E-state index contributed by atoms with van der Waals surface area (Å²) in [5.74, 6) is -1.16. The van der Waals surface area contributed by atoms with Gasteiger partial charge in [0.05, 0.1) is 0 Å². The topological polar surface area (TPSA) is 52.6 Å². The number of hydrogen-bond acceptors (Lipinski definition) is 4. The van der Waals surface area contributed by atoms with Crippen LogP contribution in [0.3, 0.4) is 0 Å². The first-order valence-electron chi connectivity index (χ1n) is 12.7. The summed E-state index contributed by atoms with van der Waals surface area (Å²) < 4.78 is 12.0. The lowest BCUT2D eigenvalue weighted by Crippen LogP contribution is -2.40. The molecule has 0 atom stereocenters. The highest BCUT2D eigenvalue weighted by atomic mass is 16.6. The minimum atomic E-state index is -0.582. The van der Waals surface area contributed by atoms with Crippen molar-refractivity contribution in [2.45, 2.75) is 106 Å². The molecule has 0 aromatic heterocycles. The Bertz CT molecular complexity index is 834. The predicted molar refractivity (Wildman–Crippen MR) is 137 cm³/mol. The van der Waals surface area contributed by atoms with E-state index < -0.39 is 11.9 Å². The average molecular weight is 469 g/mol. The Balaban J connectivity index is 1.82. The van der Waals surface area contributed by atoms with Crippen molar-refractivity contribution in [3.05, 3.63) is 41.5 Å². The van der Waals surface area contributed by atoms with Gasteiger partial charge in [-0.05, 0) is 71.8 Å². The third-order valence-electron chi connectivity index (χ3n) is 7.13. The summed E-state index contributed by atoms with van der Waals surface area (Å²) in [6, 6.07) is 9.43. The second-order valence-corrected chi connectivity index (χ2v) is 13.9. The lowest BCUT2D eigenvalue weighted by Gasteiger charge is -2.44. The van der Waals surface area contributed by atoms with Crippen molar-refractivity contribution in [2.24, 2.45) is 21.7 Å². The van der Waals surface area contributed by atoms with E-state index in [4.69, 9.17) is 9.47 Å². The van der Waals surface area contributed by atoms with Crippen molar-refractivity contribution in [3.8, 4) is 0 Å². The number of carbonyl (C=O) groups is 2. The zero-order chi connectivity index (χ0) is 25.4. The molecule has 1 aromatic rings. The fraction of sp³-hybridized carbons (Fsp3) is 0.667. The fourth-order valence-electron chi connectivity index (χ4n) is 7.00. The minimum Gasteiger partial charge on any atom is -0.459 e. The van der Waals surface area contributed by atoms with Crippen LogP contribution < -0.4 is 0 Å². The van der Waals surface area contributed by atoms with Gasteiger partial charge in [0.1, 0.15) is 17.8 Å². The van der Waals surface area contributed by atoms with Crippen LogP contribution in [0.5, 0.6) is 0 Å². The molecule has 0 aliphatic heterocycles. The van der Waals surface area contributed by atoms with Crippen LogP contribution in [0.1, 0.15) is 99.5 Å². The highest BCUT2D eigenvalue weighted by Gasteiger charge is 2.42. The maximum atomic E-state index is 13.4. The van der Waals surface area contributed by atoms with Crippen molar-refractivity contribution in [2.75, 3.05) is 0 Å². The van der Waals surface area contributed by atoms with Gasteiger partial charge in [0.25, 0.3) is 0 Å². The Hall–Kier alpha value is -2.10. The van der Waals surface area contributed by atoms with Crippen molar-refractivity contribution in [1.82, 2.24) is 0 Å². The highest BCUT2D eigenvalue weighted by molar-refractivity contribution is 6.17. The Kier molecular flexibility index (Phi) is 7.41. The van der Waals surface area contributed by atoms with Gasteiger partial charge >= 0.3 is 11.9 Å². The summed E-state index contributed by atoms with van der Waals surface area (Å²) >= 11 is 0. The van der Waals surface area contributed by atoms with Gasteiger partial charge in [-0.2, -0.15) is 0 Å². The molecule has 0 unspecified atom stereocenters. The molecule has 0 N–H and O–H groups in total. The third-order valence-corrected chi connectivity index (χ3v) is 7.13. The molecule has 0 spiro atoms. The van der Waals surface area contributed by atoms with Gasteiger partial charge in [-0.15, -0.1) is 0 Å². The lowest BCUT2D eigenvalue weighted by atomic mass is 9.64. The smallest absolute Gasteiger partial charge is 0.345 e. The molecule has 0 radical (unpaired) electrons. The minimum absolute atomic E-state index is 0.0198. The van der Waals surface area contributed by atoms with Gasteiger partial charge in [0, 0.05) is 0 Å². The number of esters is 2. The first kappa shape index (κ1) is 26.5. The average Bonchev–Trinajstić information content (AvgIpc) is 2.61. The lowest BCUT2D eigenvalue weighted by molar-refractivity contribution is -0.158. The molecule has 4 heteroatoms. The molecule has 0 amide bonds. The Morgan fingerprint density at radius 3 is 1.38 bits per heavy atom. The molecule has 4 nitrogen and oxygen atoms in total. The second-order valence-electron chi connectivity index (χ2n) is 13.9. The molecule has 2 aliphatic carbocycles. The molecule has 34 heavy (non-hydrogen) atoms. The number of ether oxygens (including phenoxy) is 2. The summed E-state index contributed by atoms with van der Waals surface area (Å²) in [7, 11) is 0. The molecular weight excluding hydrogens is 424 g/mol. The maximum absolute atomic E-state index is 13.4. The zero-order valence-corrected chi connectivity index (χ0v) is 22.5. The van der Waals surface area contributed by atoms with E-state index in [0.29, 0.717) is 0 Å². The van der Waals surface area contributed by atoms with E-state index in [1.165, 1.54) is 0 Å². The summed E-state index contributed by atoms with van der Waals surface area (Å²) in [5.41, 5.74) is 1.07. The van der Waals surface area contributed by atoms with Gasteiger partial charge in [0.2, 0.25) is 0 Å². The molecule has 0 heterocycles. The van der Waals surface area contributed by atoms with E-state index in [-0.39, 0.29) is 39.4 Å². The van der Waals surface area contributed by atoms with E-state index in [2.05, 4.69) is 55.4 Å². The van der Waals surface area contributed by atoms with Gasteiger partial charge in [-0.1, -0.05) is 85.7 Å². The van der Waals surface area contributed by atoms with Gasteiger partial charge < -0.3 is 9.47 Å². The molecule has 3 rings (SSSR count). The largest absolute Gasteiger partial charge is 0.459 e. The molecule has 0 saturated heterocycles. The maximum Gasteiger partial charge on any atom is 0.345 e. The van der Waals surface area contributed by atoms with Crippen LogP contribution in [0, 0.1) is 21.7 Å². The first-order chi connectivity index (χ1) is 15.5. The molecule has 2 saturated carbocycles. The van der Waals surface area contributed by atoms with Crippen LogP contribution in [-0.4, -0.2) is 24.1 Å². The van der Waals surface area contributed by atoms with Crippen LogP contribution >= 0.6 is 0 Å². The Labute approximate surface area is 206 Å². The Morgan fingerprint density at radius 2 is 1.03 bits per heavy atom. The SMILES string of the molecule is CC1(C)CC(OC(=O)C(=Cc2ccccc2)C(=O)OC2CC(C)(C)CC(C)(C)C2)CC(C)(C)C1. The summed E-state index contributed by atoms with van der Waals surface area (Å²) in [4.78, 5) is 26.8. The quantitative estimate of drug-likeness (QED) is 0.196. The molecular formula is C30H44O4. The summed E-state index contributed by atoms with van der Waals surface area (Å²) in [6.45, 7) is 17.7. The first-order valence-corrected chi connectivity index (χ1v) is 12.7. The Morgan fingerprint density at radius 1 is 0.676 bits per heavy atom. The third kappa shape index (κ3) is 7.45. The van der Waals surface area contributed by atoms with Crippen LogP contribution in [0.25, 0.3) is 6.08 Å². The van der Waals surface area contributed by atoms with Crippen LogP contribution in [0.2, 0.25) is 0 Å². The zero-order valence-electron chi connectivity index (χ0n) is 22.5. The monoisotopic (exact) mass is 468 g/mol. The molecule has 188 valence electrons. The summed E-state index contributed by atoms with van der Waals surface area (Å²) in [6.07, 6.45) is 6.51. The summed E-state index contributed by atoms with van der Waals surface area (Å²) in [5, 5.41) is 0. The van der Waals surface area contributed by atoms with Crippen molar-refractivity contribution in [3.63, 3.8) is 0 Å². The van der Waals surface area contributed by atoms with E-state index >= 15 is 0 Å². The van der Waals surface area contributed by atoms with E-state index in [1.54, 1.807) is 6.08 Å². The van der Waals surface area contributed by atoms with E-state index in [0.717, 1.165) is 44.1 Å². The van der Waals surface area contributed by atoms with Gasteiger partial charge in [-0.3, -0.25) is 0 Å². The molecule has 2 aliphatic rings. The fourth-order valence-corrected chi connectivity index (χ4v) is 7.00. The van der Waals surface area contributed by atoms with E-state index in [1.807, 2.05) is 30.3 Å². The van der Waals surface area contributed by atoms with Crippen molar-refractivity contribution < 1.29 is 19.1 Å². The molecule has 1 aromatic carbocycles. The van der Waals surface area contributed by atoms with Gasteiger partial charge in [-0.25, -0.2) is 9.59 Å². The second kappa shape index (κ2) is 9.51. The normalized spacial score (nSPS) is 23.5.